The minimum atomic E-state index is 0.340. The van der Waals surface area contributed by atoms with Gasteiger partial charge in [-0.05, 0) is 12.1 Å². The Bertz CT molecular complexity index is 203. The highest BCUT2D eigenvalue weighted by atomic mass is 35.5. The summed E-state index contributed by atoms with van der Waals surface area (Å²) in [5.41, 5.74) is 4.56. The summed E-state index contributed by atoms with van der Waals surface area (Å²) < 4.78 is 0. The van der Waals surface area contributed by atoms with Crippen molar-refractivity contribution in [3.8, 4) is 5.75 Å². The molecule has 11 heavy (non-hydrogen) atoms. The third kappa shape index (κ3) is 3.25. The Morgan fingerprint density at radius 3 is 2.27 bits per heavy atom. The van der Waals surface area contributed by atoms with Crippen molar-refractivity contribution in [2.45, 2.75) is 6.54 Å². The molecule has 1 rings (SSSR count). The van der Waals surface area contributed by atoms with E-state index in [1.807, 2.05) is 12.1 Å². The molecule has 1 aromatic rings. The predicted octanol–water partition coefficient (Wildman–Crippen LogP) is 0.989. The van der Waals surface area contributed by atoms with Crippen LogP contribution in [0.5, 0.6) is 5.75 Å². The summed E-state index contributed by atoms with van der Waals surface area (Å²) in [7, 11) is 0. The topological polar surface area (TPSA) is 47.9 Å². The van der Waals surface area contributed by atoms with Crippen LogP contribution in [0.4, 0.5) is 0 Å². The lowest BCUT2D eigenvalue weighted by Crippen LogP contribution is -2.47. The van der Waals surface area contributed by atoms with E-state index in [1.165, 1.54) is 6.38 Å². The molecule has 0 fully saturated rings. The molecular weight excluding hydrogens is 162 g/mol. The molecule has 2 nitrogen and oxygen atoms in total. The van der Waals surface area contributed by atoms with Crippen molar-refractivity contribution < 1.29 is 10.8 Å². The summed E-state index contributed by atoms with van der Waals surface area (Å²) in [6, 6.07) is 7.22. The molecular formula is C8H13ClNO+. The van der Waals surface area contributed by atoms with Crippen LogP contribution in [-0.2, 0) is 6.54 Å². The normalized spacial score (nSPS) is 8.27. The minimum absolute atomic E-state index is 0.340. The van der Waals surface area contributed by atoms with Gasteiger partial charge in [0.1, 0.15) is 12.3 Å². The van der Waals surface area contributed by atoms with Crippen molar-refractivity contribution >= 4 is 11.6 Å². The molecule has 0 aliphatic heterocycles. The molecule has 4 N–H and O–H groups in total. The molecule has 0 radical (unpaired) electrons. The zero-order valence-electron chi connectivity index (χ0n) is 6.55. The number of para-hydroxylation sites is 1. The van der Waals surface area contributed by atoms with E-state index in [1.54, 1.807) is 12.1 Å². The van der Waals surface area contributed by atoms with Gasteiger partial charge in [-0.25, -0.2) is 0 Å². The summed E-state index contributed by atoms with van der Waals surface area (Å²) >= 11 is 4.64. The molecule has 3 heteroatoms. The van der Waals surface area contributed by atoms with Gasteiger partial charge in [0, 0.05) is 11.9 Å². The van der Waals surface area contributed by atoms with Gasteiger partial charge in [-0.2, -0.15) is 0 Å². The summed E-state index contributed by atoms with van der Waals surface area (Å²) in [5, 5.41) is 9.07. The predicted molar refractivity (Wildman–Crippen MR) is 46.5 cm³/mol. The van der Waals surface area contributed by atoms with E-state index in [0.29, 0.717) is 12.3 Å². The average molecular weight is 175 g/mol. The first kappa shape index (κ1) is 10.3. The number of quaternary nitrogens is 1. The van der Waals surface area contributed by atoms with Crippen LogP contribution in [0.15, 0.2) is 24.3 Å². The summed E-state index contributed by atoms with van der Waals surface area (Å²) in [4.78, 5) is 0. The van der Waals surface area contributed by atoms with Crippen LogP contribution in [0.2, 0.25) is 0 Å². The maximum absolute atomic E-state index is 9.07. The van der Waals surface area contributed by atoms with E-state index >= 15 is 0 Å². The molecule has 62 valence electrons. The number of halogens is 1. The molecule has 0 amide bonds. The highest BCUT2D eigenvalue weighted by Gasteiger charge is 1.95. The van der Waals surface area contributed by atoms with Crippen LogP contribution >= 0.6 is 11.6 Å². The third-order valence-corrected chi connectivity index (χ3v) is 1.26. The SMILES string of the molecule is CCl.[NH3+]Cc1ccccc1O. The second-order valence-corrected chi connectivity index (χ2v) is 1.88. The minimum Gasteiger partial charge on any atom is -0.507 e. The summed E-state index contributed by atoms with van der Waals surface area (Å²) in [6.07, 6.45) is 1.47. The lowest BCUT2D eigenvalue weighted by atomic mass is 10.2. The van der Waals surface area contributed by atoms with Gasteiger partial charge < -0.3 is 10.8 Å². The molecule has 1 aromatic carbocycles. The van der Waals surface area contributed by atoms with Crippen molar-refractivity contribution in [2.75, 3.05) is 6.38 Å². The molecule has 0 aromatic heterocycles. The van der Waals surface area contributed by atoms with Gasteiger partial charge in [-0.15, -0.1) is 11.6 Å². The number of alkyl halides is 1. The van der Waals surface area contributed by atoms with Crippen molar-refractivity contribution in [3.05, 3.63) is 29.8 Å². The van der Waals surface area contributed by atoms with Crippen LogP contribution in [0.25, 0.3) is 0 Å². The highest BCUT2D eigenvalue weighted by Crippen LogP contribution is 2.12. The lowest BCUT2D eigenvalue weighted by molar-refractivity contribution is -0.386. The number of aromatic hydroxyl groups is 1. The Kier molecular flexibility index (Phi) is 5.61. The first-order valence-electron chi connectivity index (χ1n) is 3.28. The van der Waals surface area contributed by atoms with Gasteiger partial charge in [0.2, 0.25) is 0 Å². The fraction of sp³-hybridized carbons (Fsp3) is 0.250. The largest absolute Gasteiger partial charge is 0.507 e. The quantitative estimate of drug-likeness (QED) is 0.613. The van der Waals surface area contributed by atoms with Gasteiger partial charge in [0.15, 0.2) is 0 Å². The molecule has 0 saturated carbocycles. The molecule has 0 bridgehead atoms. The zero-order chi connectivity index (χ0) is 8.69. The van der Waals surface area contributed by atoms with E-state index in [2.05, 4.69) is 17.3 Å². The Balaban J connectivity index is 0.000000461. The first-order valence-corrected chi connectivity index (χ1v) is 4.04. The standard InChI is InChI=1S/C7H9NO.CH3Cl/c8-5-6-3-1-2-4-7(6)9;1-2/h1-4,9H,5,8H2;1H3/p+1. The molecule has 0 atom stereocenters. The zero-order valence-corrected chi connectivity index (χ0v) is 7.30. The lowest BCUT2D eigenvalue weighted by Gasteiger charge is -1.95. The van der Waals surface area contributed by atoms with Crippen molar-refractivity contribution in [3.63, 3.8) is 0 Å². The number of hydrogen-bond acceptors (Lipinski definition) is 1. The first-order chi connectivity index (χ1) is 5.34. The Morgan fingerprint density at radius 1 is 1.36 bits per heavy atom. The van der Waals surface area contributed by atoms with Crippen LogP contribution in [0.3, 0.4) is 0 Å². The van der Waals surface area contributed by atoms with Crippen molar-refractivity contribution in [1.29, 1.82) is 0 Å². The van der Waals surface area contributed by atoms with Gasteiger partial charge in [-0.1, -0.05) is 12.1 Å². The number of phenols is 1. The second kappa shape index (κ2) is 6.01. The Labute approximate surface area is 71.6 Å². The maximum atomic E-state index is 9.07. The molecule has 0 aliphatic rings. The number of hydrogen-bond donors (Lipinski definition) is 2. The van der Waals surface area contributed by atoms with E-state index in [4.69, 9.17) is 5.11 Å². The van der Waals surface area contributed by atoms with E-state index < -0.39 is 0 Å². The average Bonchev–Trinajstić information content (AvgIpc) is 2.09. The maximum Gasteiger partial charge on any atom is 0.124 e. The van der Waals surface area contributed by atoms with Gasteiger partial charge >= 0.3 is 0 Å². The highest BCUT2D eigenvalue weighted by molar-refractivity contribution is 6.15. The van der Waals surface area contributed by atoms with Gasteiger partial charge in [0.25, 0.3) is 0 Å². The molecule has 0 aliphatic carbocycles. The van der Waals surface area contributed by atoms with E-state index in [-0.39, 0.29) is 0 Å². The Morgan fingerprint density at radius 2 is 1.91 bits per heavy atom. The molecule has 0 saturated heterocycles. The monoisotopic (exact) mass is 174 g/mol. The van der Waals surface area contributed by atoms with E-state index in [0.717, 1.165) is 5.56 Å². The number of phenolic OH excluding ortho intramolecular Hbond substituents is 1. The van der Waals surface area contributed by atoms with Gasteiger partial charge in [-0.3, -0.25) is 0 Å². The van der Waals surface area contributed by atoms with Gasteiger partial charge in [0.05, 0.1) is 0 Å². The second-order valence-electron chi connectivity index (χ2n) is 1.88. The fourth-order valence-electron chi connectivity index (χ4n) is 0.722. The smallest absolute Gasteiger partial charge is 0.124 e. The summed E-state index contributed by atoms with van der Waals surface area (Å²) in [5.74, 6) is 0.340. The van der Waals surface area contributed by atoms with Crippen LogP contribution < -0.4 is 5.73 Å². The van der Waals surface area contributed by atoms with E-state index in [9.17, 15) is 0 Å². The molecule has 0 heterocycles. The third-order valence-electron chi connectivity index (χ3n) is 1.26. The molecule has 0 unspecified atom stereocenters. The number of rotatable bonds is 1. The van der Waals surface area contributed by atoms with Crippen molar-refractivity contribution in [1.82, 2.24) is 0 Å². The van der Waals surface area contributed by atoms with Crippen LogP contribution in [0, 0.1) is 0 Å². The van der Waals surface area contributed by atoms with Crippen LogP contribution in [0.1, 0.15) is 5.56 Å². The Hall–Kier alpha value is -0.730. The van der Waals surface area contributed by atoms with Crippen LogP contribution in [-0.4, -0.2) is 11.5 Å². The summed E-state index contributed by atoms with van der Waals surface area (Å²) in [6.45, 7) is 0.646. The fourth-order valence-corrected chi connectivity index (χ4v) is 0.722. The van der Waals surface area contributed by atoms with Crippen molar-refractivity contribution in [2.24, 2.45) is 0 Å². The molecule has 0 spiro atoms. The number of benzene rings is 1.